The van der Waals surface area contributed by atoms with E-state index in [0.29, 0.717) is 16.1 Å². The molecule has 0 aromatic heterocycles. The van der Waals surface area contributed by atoms with Crippen molar-refractivity contribution in [2.75, 3.05) is 7.11 Å². The Kier molecular flexibility index (Phi) is 5.17. The van der Waals surface area contributed by atoms with Crippen LogP contribution in [0.15, 0.2) is 48.5 Å². The zero-order valence-corrected chi connectivity index (χ0v) is 13.0. The van der Waals surface area contributed by atoms with E-state index in [4.69, 9.17) is 21.1 Å². The maximum absolute atomic E-state index is 12.0. The predicted molar refractivity (Wildman–Crippen MR) is 83.3 cm³/mol. The first-order chi connectivity index (χ1) is 10.5. The van der Waals surface area contributed by atoms with E-state index >= 15 is 0 Å². The molecule has 0 N–H and O–H groups in total. The van der Waals surface area contributed by atoms with E-state index in [2.05, 4.69) is 0 Å². The smallest absolute Gasteiger partial charge is 0.351 e. The lowest BCUT2D eigenvalue weighted by Crippen LogP contribution is -2.21. The molecule has 5 heteroatoms. The van der Waals surface area contributed by atoms with Crippen LogP contribution in [0, 0.1) is 0 Å². The first kappa shape index (κ1) is 16.0. The van der Waals surface area contributed by atoms with Crippen molar-refractivity contribution in [2.24, 2.45) is 0 Å². The van der Waals surface area contributed by atoms with E-state index < -0.39 is 12.1 Å². The van der Waals surface area contributed by atoms with Crippen molar-refractivity contribution < 1.29 is 19.1 Å². The molecule has 2 aromatic carbocycles. The number of ether oxygens (including phenoxy) is 2. The van der Waals surface area contributed by atoms with Crippen LogP contribution >= 0.6 is 11.6 Å². The molecule has 0 bridgehead atoms. The van der Waals surface area contributed by atoms with Gasteiger partial charge in [-0.25, -0.2) is 4.79 Å². The van der Waals surface area contributed by atoms with Gasteiger partial charge in [-0.2, -0.15) is 0 Å². The van der Waals surface area contributed by atoms with E-state index in [1.54, 1.807) is 36.4 Å². The second-order valence-corrected chi connectivity index (χ2v) is 5.06. The van der Waals surface area contributed by atoms with E-state index in [1.807, 2.05) is 6.07 Å². The fraction of sp³-hybridized carbons (Fsp3) is 0.176. The first-order valence-electron chi connectivity index (χ1n) is 6.63. The molecule has 0 aliphatic heterocycles. The number of carbonyl (C=O) groups is 2. The monoisotopic (exact) mass is 318 g/mol. The average molecular weight is 319 g/mol. The number of halogens is 1. The first-order valence-corrected chi connectivity index (χ1v) is 7.00. The summed E-state index contributed by atoms with van der Waals surface area (Å²) in [5.74, 6) is -0.483. The standard InChI is InChI=1S/C17H15ClO4/c1-11(19)14-9-8-13(18)10-15(14)22-16(17(20)21-2)12-6-4-3-5-7-12/h3-10,16H,1-2H3. The van der Waals surface area contributed by atoms with Crippen LogP contribution in [0.3, 0.4) is 0 Å². The molecule has 114 valence electrons. The summed E-state index contributed by atoms with van der Waals surface area (Å²) in [7, 11) is 1.28. The summed E-state index contributed by atoms with van der Waals surface area (Å²) in [4.78, 5) is 23.7. The Bertz CT molecular complexity index is 682. The lowest BCUT2D eigenvalue weighted by atomic mass is 10.1. The number of hydrogen-bond donors (Lipinski definition) is 0. The lowest BCUT2D eigenvalue weighted by molar-refractivity contribution is -0.149. The number of methoxy groups -OCH3 is 1. The molecule has 0 fully saturated rings. The maximum atomic E-state index is 12.0. The Morgan fingerprint density at radius 3 is 2.36 bits per heavy atom. The maximum Gasteiger partial charge on any atom is 0.351 e. The summed E-state index contributed by atoms with van der Waals surface area (Å²) in [5, 5.41) is 0.414. The second-order valence-electron chi connectivity index (χ2n) is 4.63. The number of rotatable bonds is 5. The largest absolute Gasteiger partial charge is 0.473 e. The normalized spacial score (nSPS) is 11.6. The van der Waals surface area contributed by atoms with Gasteiger partial charge < -0.3 is 9.47 Å². The molecule has 0 aliphatic carbocycles. The van der Waals surface area contributed by atoms with Crippen molar-refractivity contribution in [3.63, 3.8) is 0 Å². The molecule has 0 radical (unpaired) electrons. The van der Waals surface area contributed by atoms with E-state index in [0.717, 1.165) is 0 Å². The van der Waals surface area contributed by atoms with Crippen LogP contribution < -0.4 is 4.74 Å². The van der Waals surface area contributed by atoms with Gasteiger partial charge in [0.05, 0.1) is 12.7 Å². The number of Topliss-reactive ketones (excluding diaryl/α,β-unsaturated/α-hetero) is 1. The van der Waals surface area contributed by atoms with Crippen molar-refractivity contribution >= 4 is 23.4 Å². The quantitative estimate of drug-likeness (QED) is 0.621. The number of hydrogen-bond acceptors (Lipinski definition) is 4. The zero-order valence-electron chi connectivity index (χ0n) is 12.2. The second kappa shape index (κ2) is 7.09. The Hall–Kier alpha value is -2.33. The molecule has 2 aromatic rings. The highest BCUT2D eigenvalue weighted by Crippen LogP contribution is 2.29. The molecule has 0 heterocycles. The average Bonchev–Trinajstić information content (AvgIpc) is 2.52. The summed E-state index contributed by atoms with van der Waals surface area (Å²) in [6, 6.07) is 13.6. The Labute approximate surface area is 133 Å². The minimum Gasteiger partial charge on any atom is -0.473 e. The molecular formula is C17H15ClO4. The van der Waals surface area contributed by atoms with Crippen molar-refractivity contribution in [1.29, 1.82) is 0 Å². The molecule has 0 saturated carbocycles. The highest BCUT2D eigenvalue weighted by atomic mass is 35.5. The minimum absolute atomic E-state index is 0.177. The third-order valence-electron chi connectivity index (χ3n) is 3.09. The zero-order chi connectivity index (χ0) is 16.1. The third kappa shape index (κ3) is 3.65. The molecule has 4 nitrogen and oxygen atoms in total. The summed E-state index contributed by atoms with van der Waals surface area (Å²) in [6.45, 7) is 1.42. The van der Waals surface area contributed by atoms with Crippen LogP contribution in [-0.4, -0.2) is 18.9 Å². The fourth-order valence-corrected chi connectivity index (χ4v) is 2.16. The van der Waals surface area contributed by atoms with Gasteiger partial charge in [-0.05, 0) is 25.1 Å². The van der Waals surface area contributed by atoms with Gasteiger partial charge in [-0.1, -0.05) is 41.9 Å². The van der Waals surface area contributed by atoms with Gasteiger partial charge >= 0.3 is 5.97 Å². The highest BCUT2D eigenvalue weighted by molar-refractivity contribution is 6.30. The molecule has 0 saturated heterocycles. The molecule has 1 unspecified atom stereocenters. The lowest BCUT2D eigenvalue weighted by Gasteiger charge is -2.19. The molecule has 0 spiro atoms. The van der Waals surface area contributed by atoms with Crippen LogP contribution in [0.25, 0.3) is 0 Å². The number of esters is 1. The molecule has 2 rings (SSSR count). The van der Waals surface area contributed by atoms with Crippen molar-refractivity contribution in [1.82, 2.24) is 0 Å². The van der Waals surface area contributed by atoms with Crippen molar-refractivity contribution in [3.8, 4) is 5.75 Å². The van der Waals surface area contributed by atoms with Gasteiger partial charge in [0.15, 0.2) is 5.78 Å². The van der Waals surface area contributed by atoms with Crippen LogP contribution in [0.4, 0.5) is 0 Å². The Morgan fingerprint density at radius 1 is 1.09 bits per heavy atom. The summed E-state index contributed by atoms with van der Waals surface area (Å²) in [6.07, 6.45) is -0.970. The Balaban J connectivity index is 2.42. The summed E-state index contributed by atoms with van der Waals surface area (Å²) >= 11 is 5.96. The van der Waals surface area contributed by atoms with E-state index in [9.17, 15) is 9.59 Å². The topological polar surface area (TPSA) is 52.6 Å². The van der Waals surface area contributed by atoms with Gasteiger partial charge in [-0.3, -0.25) is 4.79 Å². The van der Waals surface area contributed by atoms with Gasteiger partial charge in [0.25, 0.3) is 0 Å². The van der Waals surface area contributed by atoms with Gasteiger partial charge in [0.2, 0.25) is 6.10 Å². The molecule has 0 amide bonds. The summed E-state index contributed by atoms with van der Waals surface area (Å²) < 4.78 is 10.5. The molecule has 22 heavy (non-hydrogen) atoms. The fourth-order valence-electron chi connectivity index (χ4n) is 2.00. The SMILES string of the molecule is COC(=O)C(Oc1cc(Cl)ccc1C(C)=O)c1ccccc1. The third-order valence-corrected chi connectivity index (χ3v) is 3.32. The number of benzene rings is 2. The van der Waals surface area contributed by atoms with Crippen LogP contribution in [-0.2, 0) is 9.53 Å². The van der Waals surface area contributed by atoms with Crippen molar-refractivity contribution in [3.05, 3.63) is 64.7 Å². The Morgan fingerprint density at radius 2 is 1.77 bits per heavy atom. The molecule has 1 atom stereocenters. The molecular weight excluding hydrogens is 304 g/mol. The number of ketones is 1. The molecule has 0 aliphatic rings. The predicted octanol–water partition coefficient (Wildman–Crippen LogP) is 3.84. The van der Waals surface area contributed by atoms with Crippen LogP contribution in [0.1, 0.15) is 28.9 Å². The van der Waals surface area contributed by atoms with E-state index in [1.165, 1.54) is 20.1 Å². The summed E-state index contributed by atoms with van der Waals surface area (Å²) in [5.41, 5.74) is 0.984. The minimum atomic E-state index is -0.970. The van der Waals surface area contributed by atoms with Gasteiger partial charge in [-0.15, -0.1) is 0 Å². The van der Waals surface area contributed by atoms with E-state index in [-0.39, 0.29) is 11.5 Å². The highest BCUT2D eigenvalue weighted by Gasteiger charge is 2.25. The number of carbonyl (C=O) groups excluding carboxylic acids is 2. The van der Waals surface area contributed by atoms with Crippen LogP contribution in [0.2, 0.25) is 5.02 Å². The van der Waals surface area contributed by atoms with Crippen molar-refractivity contribution in [2.45, 2.75) is 13.0 Å². The van der Waals surface area contributed by atoms with Gasteiger partial charge in [0.1, 0.15) is 5.75 Å². The van der Waals surface area contributed by atoms with Gasteiger partial charge in [0, 0.05) is 10.6 Å². The van der Waals surface area contributed by atoms with Crippen LogP contribution in [0.5, 0.6) is 5.75 Å².